The molecule has 1 aliphatic heterocycles. The van der Waals surface area contributed by atoms with Gasteiger partial charge in [-0.3, -0.25) is 4.79 Å². The fourth-order valence-corrected chi connectivity index (χ4v) is 3.36. The second kappa shape index (κ2) is 6.20. The molecule has 1 saturated carbocycles. The Kier molecular flexibility index (Phi) is 4.81. The van der Waals surface area contributed by atoms with Crippen molar-refractivity contribution in [1.82, 2.24) is 4.90 Å². The van der Waals surface area contributed by atoms with Gasteiger partial charge in [0.2, 0.25) is 5.91 Å². The molecule has 1 heterocycles. The first kappa shape index (κ1) is 14.8. The Balaban J connectivity index is 1.91. The van der Waals surface area contributed by atoms with E-state index in [9.17, 15) is 9.90 Å². The zero-order valence-electron chi connectivity index (χ0n) is 11.8. The maximum Gasteiger partial charge on any atom is 0.225 e. The van der Waals surface area contributed by atoms with Gasteiger partial charge in [-0.1, -0.05) is 6.42 Å². The van der Waals surface area contributed by atoms with E-state index in [1.165, 1.54) is 0 Å². The SMILES string of the molecule is CN(CC1(O)CCOCC1)C(=O)C1CCCC1CN. The zero-order chi connectivity index (χ0) is 13.9. The van der Waals surface area contributed by atoms with Gasteiger partial charge in [0, 0.05) is 45.6 Å². The predicted octanol–water partition coefficient (Wildman–Crippen LogP) is 0.361. The van der Waals surface area contributed by atoms with Gasteiger partial charge in [0.25, 0.3) is 0 Å². The summed E-state index contributed by atoms with van der Waals surface area (Å²) in [4.78, 5) is 14.2. The molecule has 0 aromatic rings. The van der Waals surface area contributed by atoms with Gasteiger partial charge in [-0.15, -0.1) is 0 Å². The molecule has 110 valence electrons. The second-order valence-corrected chi connectivity index (χ2v) is 6.06. The number of amides is 1. The minimum Gasteiger partial charge on any atom is -0.388 e. The minimum absolute atomic E-state index is 0.0541. The first-order valence-electron chi connectivity index (χ1n) is 7.31. The van der Waals surface area contributed by atoms with E-state index < -0.39 is 5.60 Å². The lowest BCUT2D eigenvalue weighted by Gasteiger charge is -2.36. The van der Waals surface area contributed by atoms with E-state index in [4.69, 9.17) is 10.5 Å². The second-order valence-electron chi connectivity index (χ2n) is 6.06. The minimum atomic E-state index is -0.778. The molecule has 0 spiro atoms. The number of hydrogen-bond acceptors (Lipinski definition) is 4. The highest BCUT2D eigenvalue weighted by atomic mass is 16.5. The summed E-state index contributed by atoms with van der Waals surface area (Å²) in [5, 5.41) is 10.5. The highest BCUT2D eigenvalue weighted by Gasteiger charge is 2.37. The van der Waals surface area contributed by atoms with Gasteiger partial charge in [-0.2, -0.15) is 0 Å². The standard InChI is InChI=1S/C14H26N2O3/c1-16(10-14(18)5-7-19-8-6-14)13(17)12-4-2-3-11(12)9-15/h11-12,18H,2-10,15H2,1H3. The number of likely N-dealkylation sites (N-methyl/N-ethyl adjacent to an activating group) is 1. The van der Waals surface area contributed by atoms with Gasteiger partial charge in [-0.05, 0) is 25.3 Å². The van der Waals surface area contributed by atoms with Gasteiger partial charge in [0.15, 0.2) is 0 Å². The number of nitrogens with zero attached hydrogens (tertiary/aromatic N) is 1. The van der Waals surface area contributed by atoms with E-state index in [-0.39, 0.29) is 11.8 Å². The molecule has 1 saturated heterocycles. The van der Waals surface area contributed by atoms with E-state index in [1.54, 1.807) is 11.9 Å². The summed E-state index contributed by atoms with van der Waals surface area (Å²) in [7, 11) is 1.79. The van der Waals surface area contributed by atoms with Crippen LogP contribution in [-0.4, -0.2) is 54.9 Å². The van der Waals surface area contributed by atoms with E-state index in [1.807, 2.05) is 0 Å². The van der Waals surface area contributed by atoms with Crippen LogP contribution in [0.5, 0.6) is 0 Å². The predicted molar refractivity (Wildman–Crippen MR) is 72.5 cm³/mol. The van der Waals surface area contributed by atoms with E-state index in [0.717, 1.165) is 19.3 Å². The van der Waals surface area contributed by atoms with Crippen molar-refractivity contribution in [1.29, 1.82) is 0 Å². The molecule has 2 rings (SSSR count). The molecule has 0 bridgehead atoms. The number of aliphatic hydroxyl groups is 1. The van der Waals surface area contributed by atoms with Crippen LogP contribution in [0.1, 0.15) is 32.1 Å². The molecule has 5 nitrogen and oxygen atoms in total. The Morgan fingerprint density at radius 3 is 2.74 bits per heavy atom. The Morgan fingerprint density at radius 1 is 1.42 bits per heavy atom. The summed E-state index contributed by atoms with van der Waals surface area (Å²) >= 11 is 0. The lowest BCUT2D eigenvalue weighted by molar-refractivity contribution is -0.141. The van der Waals surface area contributed by atoms with Crippen molar-refractivity contribution in [2.75, 3.05) is 33.4 Å². The molecule has 3 N–H and O–H groups in total. The molecule has 2 unspecified atom stereocenters. The zero-order valence-corrected chi connectivity index (χ0v) is 11.8. The van der Waals surface area contributed by atoms with E-state index in [2.05, 4.69) is 0 Å². The fraction of sp³-hybridized carbons (Fsp3) is 0.929. The molecule has 1 amide bonds. The van der Waals surface area contributed by atoms with Gasteiger partial charge in [0.1, 0.15) is 0 Å². The molecule has 1 aliphatic carbocycles. The number of ether oxygens (including phenoxy) is 1. The third-order valence-corrected chi connectivity index (χ3v) is 4.61. The Hall–Kier alpha value is -0.650. The van der Waals surface area contributed by atoms with Crippen molar-refractivity contribution >= 4 is 5.91 Å². The van der Waals surface area contributed by atoms with Crippen LogP contribution in [-0.2, 0) is 9.53 Å². The van der Waals surface area contributed by atoms with Gasteiger partial charge < -0.3 is 20.5 Å². The third kappa shape index (κ3) is 3.46. The van der Waals surface area contributed by atoms with Crippen LogP contribution in [0.15, 0.2) is 0 Å². The summed E-state index contributed by atoms with van der Waals surface area (Å²) < 4.78 is 5.26. The van der Waals surface area contributed by atoms with Crippen molar-refractivity contribution in [3.8, 4) is 0 Å². The van der Waals surface area contributed by atoms with Crippen LogP contribution in [0.2, 0.25) is 0 Å². The first-order valence-corrected chi connectivity index (χ1v) is 7.31. The van der Waals surface area contributed by atoms with Crippen molar-refractivity contribution in [3.05, 3.63) is 0 Å². The molecule has 2 atom stereocenters. The summed E-state index contributed by atoms with van der Waals surface area (Å²) in [6, 6.07) is 0. The quantitative estimate of drug-likeness (QED) is 0.773. The number of nitrogens with two attached hydrogens (primary N) is 1. The average Bonchev–Trinajstić information content (AvgIpc) is 2.86. The maximum absolute atomic E-state index is 12.5. The summed E-state index contributed by atoms with van der Waals surface area (Å²) in [6.07, 6.45) is 4.29. The smallest absolute Gasteiger partial charge is 0.225 e. The van der Waals surface area contributed by atoms with Crippen molar-refractivity contribution in [3.63, 3.8) is 0 Å². The van der Waals surface area contributed by atoms with Crippen molar-refractivity contribution in [2.24, 2.45) is 17.6 Å². The fourth-order valence-electron chi connectivity index (χ4n) is 3.36. The van der Waals surface area contributed by atoms with Crippen LogP contribution >= 0.6 is 0 Å². The van der Waals surface area contributed by atoms with E-state index in [0.29, 0.717) is 45.1 Å². The van der Waals surface area contributed by atoms with Gasteiger partial charge in [-0.25, -0.2) is 0 Å². The van der Waals surface area contributed by atoms with Crippen LogP contribution in [0.3, 0.4) is 0 Å². The molecule has 19 heavy (non-hydrogen) atoms. The number of hydrogen-bond donors (Lipinski definition) is 2. The van der Waals surface area contributed by atoms with Crippen molar-refractivity contribution in [2.45, 2.75) is 37.7 Å². The maximum atomic E-state index is 12.5. The molecule has 2 fully saturated rings. The summed E-state index contributed by atoms with van der Waals surface area (Å²) in [5.74, 6) is 0.519. The van der Waals surface area contributed by atoms with E-state index >= 15 is 0 Å². The molecular formula is C14H26N2O3. The normalized spacial score (nSPS) is 30.3. The van der Waals surface area contributed by atoms with Crippen molar-refractivity contribution < 1.29 is 14.6 Å². The number of carbonyl (C=O) groups excluding carboxylic acids is 1. The molecule has 0 aromatic heterocycles. The Bertz CT molecular complexity index is 316. The Morgan fingerprint density at radius 2 is 2.11 bits per heavy atom. The third-order valence-electron chi connectivity index (χ3n) is 4.61. The molecular weight excluding hydrogens is 244 g/mol. The van der Waals surface area contributed by atoms with Gasteiger partial charge >= 0.3 is 0 Å². The summed E-state index contributed by atoms with van der Waals surface area (Å²) in [5.41, 5.74) is 4.96. The van der Waals surface area contributed by atoms with Crippen LogP contribution in [0, 0.1) is 11.8 Å². The molecule has 2 aliphatic rings. The largest absolute Gasteiger partial charge is 0.388 e. The summed E-state index contributed by atoms with van der Waals surface area (Å²) in [6.45, 7) is 2.14. The Labute approximate surface area is 115 Å². The molecule has 0 aromatic carbocycles. The lowest BCUT2D eigenvalue weighted by Crippen LogP contribution is -2.49. The number of rotatable bonds is 4. The highest BCUT2D eigenvalue weighted by molar-refractivity contribution is 5.79. The monoisotopic (exact) mass is 270 g/mol. The molecule has 0 radical (unpaired) electrons. The topological polar surface area (TPSA) is 75.8 Å². The van der Waals surface area contributed by atoms with Crippen LogP contribution in [0.25, 0.3) is 0 Å². The molecule has 5 heteroatoms. The number of carbonyl (C=O) groups is 1. The highest BCUT2D eigenvalue weighted by Crippen LogP contribution is 2.33. The average molecular weight is 270 g/mol. The first-order chi connectivity index (χ1) is 9.06. The lowest BCUT2D eigenvalue weighted by atomic mass is 9.91. The van der Waals surface area contributed by atoms with Crippen LogP contribution < -0.4 is 5.73 Å². The van der Waals surface area contributed by atoms with Gasteiger partial charge in [0.05, 0.1) is 5.60 Å². The van der Waals surface area contributed by atoms with Crippen LogP contribution in [0.4, 0.5) is 0 Å².